The highest BCUT2D eigenvalue weighted by molar-refractivity contribution is 6.05. The van der Waals surface area contributed by atoms with Crippen LogP contribution in [-0.2, 0) is 0 Å². The molecule has 0 fully saturated rings. The first-order valence-corrected chi connectivity index (χ1v) is 8.22. The molecule has 6 heteroatoms. The minimum absolute atomic E-state index is 0.137. The van der Waals surface area contributed by atoms with Gasteiger partial charge in [-0.25, -0.2) is 4.68 Å². The average molecular weight is 335 g/mol. The Labute approximate surface area is 146 Å². The molecule has 25 heavy (non-hydrogen) atoms. The fraction of sp³-hybridized carbons (Fsp3) is 0.263. The SMILES string of the molecule is Cc1ccc(NC(=O)c2cccc(-c3nnnn3C(C)C)c2)c(C)c1. The van der Waals surface area contributed by atoms with E-state index in [1.165, 1.54) is 0 Å². The quantitative estimate of drug-likeness (QED) is 0.787. The summed E-state index contributed by atoms with van der Waals surface area (Å²) in [5.74, 6) is 0.494. The van der Waals surface area contributed by atoms with Gasteiger partial charge >= 0.3 is 0 Å². The molecule has 1 aromatic heterocycles. The largest absolute Gasteiger partial charge is 0.322 e. The second-order valence-corrected chi connectivity index (χ2v) is 6.39. The van der Waals surface area contributed by atoms with Crippen molar-refractivity contribution in [3.8, 4) is 11.4 Å². The maximum atomic E-state index is 12.6. The van der Waals surface area contributed by atoms with Crippen molar-refractivity contribution >= 4 is 11.6 Å². The van der Waals surface area contributed by atoms with Crippen LogP contribution < -0.4 is 5.32 Å². The number of nitrogens with zero attached hydrogens (tertiary/aromatic N) is 4. The fourth-order valence-corrected chi connectivity index (χ4v) is 2.68. The number of anilines is 1. The Morgan fingerprint density at radius 1 is 1.12 bits per heavy atom. The molecule has 128 valence electrons. The molecule has 1 heterocycles. The van der Waals surface area contributed by atoms with E-state index in [1.54, 1.807) is 10.7 Å². The Hall–Kier alpha value is -3.02. The van der Waals surface area contributed by atoms with Crippen LogP contribution in [0.3, 0.4) is 0 Å². The zero-order chi connectivity index (χ0) is 18.0. The Kier molecular flexibility index (Phi) is 4.61. The Balaban J connectivity index is 1.88. The van der Waals surface area contributed by atoms with Crippen LogP contribution in [0.25, 0.3) is 11.4 Å². The molecule has 3 rings (SSSR count). The van der Waals surface area contributed by atoms with Crippen LogP contribution in [0.5, 0.6) is 0 Å². The summed E-state index contributed by atoms with van der Waals surface area (Å²) in [6.07, 6.45) is 0. The van der Waals surface area contributed by atoms with Crippen LogP contribution in [-0.4, -0.2) is 26.1 Å². The van der Waals surface area contributed by atoms with Gasteiger partial charge in [0.15, 0.2) is 5.82 Å². The van der Waals surface area contributed by atoms with Gasteiger partial charge in [-0.2, -0.15) is 0 Å². The lowest BCUT2D eigenvalue weighted by molar-refractivity contribution is 0.102. The van der Waals surface area contributed by atoms with Gasteiger partial charge in [-0.15, -0.1) is 5.10 Å². The van der Waals surface area contributed by atoms with Crippen molar-refractivity contribution < 1.29 is 4.79 Å². The molecule has 0 aliphatic rings. The van der Waals surface area contributed by atoms with Crippen LogP contribution in [0.15, 0.2) is 42.5 Å². The number of rotatable bonds is 4. The molecular formula is C19H21N5O. The molecule has 0 unspecified atom stereocenters. The summed E-state index contributed by atoms with van der Waals surface area (Å²) in [6.45, 7) is 8.03. The lowest BCUT2D eigenvalue weighted by Gasteiger charge is -2.11. The van der Waals surface area contributed by atoms with E-state index in [1.807, 2.05) is 64.1 Å². The van der Waals surface area contributed by atoms with Crippen molar-refractivity contribution in [2.45, 2.75) is 33.7 Å². The highest BCUT2D eigenvalue weighted by Crippen LogP contribution is 2.21. The summed E-state index contributed by atoms with van der Waals surface area (Å²) in [6, 6.07) is 13.4. The third-order valence-corrected chi connectivity index (χ3v) is 4.00. The first kappa shape index (κ1) is 16.8. The number of amides is 1. The number of benzene rings is 2. The van der Waals surface area contributed by atoms with Crippen molar-refractivity contribution in [2.24, 2.45) is 0 Å². The second-order valence-electron chi connectivity index (χ2n) is 6.39. The minimum Gasteiger partial charge on any atom is -0.322 e. The van der Waals surface area contributed by atoms with E-state index >= 15 is 0 Å². The molecule has 1 N–H and O–H groups in total. The summed E-state index contributed by atoms with van der Waals surface area (Å²) < 4.78 is 1.74. The van der Waals surface area contributed by atoms with E-state index in [9.17, 15) is 4.79 Å². The van der Waals surface area contributed by atoms with Crippen LogP contribution in [0.2, 0.25) is 0 Å². The number of nitrogens with one attached hydrogen (secondary N) is 1. The van der Waals surface area contributed by atoms with E-state index in [-0.39, 0.29) is 11.9 Å². The molecule has 3 aromatic rings. The Morgan fingerprint density at radius 2 is 1.92 bits per heavy atom. The molecule has 0 bridgehead atoms. The maximum absolute atomic E-state index is 12.6. The second kappa shape index (κ2) is 6.84. The third kappa shape index (κ3) is 3.57. The standard InChI is InChI=1S/C19H21N5O/c1-12(2)24-18(21-22-23-24)15-6-5-7-16(11-15)19(25)20-17-9-8-13(3)10-14(17)4/h5-12H,1-4H3,(H,20,25). The smallest absolute Gasteiger partial charge is 0.255 e. The zero-order valence-corrected chi connectivity index (χ0v) is 14.8. The number of hydrogen-bond acceptors (Lipinski definition) is 4. The number of aryl methyl sites for hydroxylation is 2. The van der Waals surface area contributed by atoms with Crippen molar-refractivity contribution in [3.63, 3.8) is 0 Å². The molecule has 0 aliphatic heterocycles. The molecular weight excluding hydrogens is 314 g/mol. The highest BCUT2D eigenvalue weighted by atomic mass is 16.1. The van der Waals surface area contributed by atoms with E-state index in [4.69, 9.17) is 0 Å². The van der Waals surface area contributed by atoms with Crippen LogP contribution in [0, 0.1) is 13.8 Å². The summed E-state index contributed by atoms with van der Waals surface area (Å²) in [5.41, 5.74) is 4.39. The monoisotopic (exact) mass is 335 g/mol. The van der Waals surface area contributed by atoms with Crippen LogP contribution in [0.4, 0.5) is 5.69 Å². The number of aromatic nitrogens is 4. The Bertz CT molecular complexity index is 914. The van der Waals surface area contributed by atoms with Gasteiger partial charge < -0.3 is 5.32 Å². The molecule has 1 amide bonds. The van der Waals surface area contributed by atoms with Crippen molar-refractivity contribution in [2.75, 3.05) is 5.32 Å². The topological polar surface area (TPSA) is 72.7 Å². The highest BCUT2D eigenvalue weighted by Gasteiger charge is 2.14. The van der Waals surface area contributed by atoms with E-state index in [2.05, 4.69) is 20.8 Å². The average Bonchev–Trinajstić information content (AvgIpc) is 3.07. The molecule has 0 saturated carbocycles. The van der Waals surface area contributed by atoms with E-state index in [0.717, 1.165) is 22.4 Å². The first-order chi connectivity index (χ1) is 12.0. The van der Waals surface area contributed by atoms with Gasteiger partial charge in [-0.1, -0.05) is 29.8 Å². The predicted molar refractivity (Wildman–Crippen MR) is 97.5 cm³/mol. The molecule has 0 saturated heterocycles. The van der Waals surface area contributed by atoms with Gasteiger partial charge in [0.2, 0.25) is 0 Å². The van der Waals surface area contributed by atoms with Crippen molar-refractivity contribution in [1.82, 2.24) is 20.2 Å². The van der Waals surface area contributed by atoms with Crippen LogP contribution >= 0.6 is 0 Å². The first-order valence-electron chi connectivity index (χ1n) is 8.22. The van der Waals surface area contributed by atoms with Gasteiger partial charge in [-0.05, 0) is 61.9 Å². The minimum atomic E-state index is -0.155. The molecule has 0 spiro atoms. The number of hydrogen-bond donors (Lipinski definition) is 1. The van der Waals surface area contributed by atoms with Crippen LogP contribution in [0.1, 0.15) is 41.4 Å². The molecule has 6 nitrogen and oxygen atoms in total. The predicted octanol–water partition coefficient (Wildman–Crippen LogP) is 3.79. The molecule has 0 radical (unpaired) electrons. The lowest BCUT2D eigenvalue weighted by Crippen LogP contribution is -2.13. The zero-order valence-electron chi connectivity index (χ0n) is 14.8. The fourth-order valence-electron chi connectivity index (χ4n) is 2.68. The van der Waals surface area contributed by atoms with E-state index in [0.29, 0.717) is 11.4 Å². The van der Waals surface area contributed by atoms with Gasteiger partial charge in [0.1, 0.15) is 0 Å². The molecule has 0 aliphatic carbocycles. The Morgan fingerprint density at radius 3 is 2.64 bits per heavy atom. The van der Waals surface area contributed by atoms with Crippen molar-refractivity contribution in [1.29, 1.82) is 0 Å². The third-order valence-electron chi connectivity index (χ3n) is 4.00. The lowest BCUT2D eigenvalue weighted by atomic mass is 10.1. The van der Waals surface area contributed by atoms with Gasteiger partial charge in [0.05, 0.1) is 6.04 Å². The van der Waals surface area contributed by atoms with Gasteiger partial charge in [-0.3, -0.25) is 4.79 Å². The van der Waals surface area contributed by atoms with E-state index < -0.39 is 0 Å². The summed E-state index contributed by atoms with van der Waals surface area (Å²) >= 11 is 0. The normalized spacial score (nSPS) is 10.9. The molecule has 0 atom stereocenters. The maximum Gasteiger partial charge on any atom is 0.255 e. The van der Waals surface area contributed by atoms with Gasteiger partial charge in [0.25, 0.3) is 5.91 Å². The summed E-state index contributed by atoms with van der Waals surface area (Å²) in [7, 11) is 0. The van der Waals surface area contributed by atoms with Gasteiger partial charge in [0, 0.05) is 16.8 Å². The number of tetrazole rings is 1. The summed E-state index contributed by atoms with van der Waals surface area (Å²) in [4.78, 5) is 12.6. The number of carbonyl (C=O) groups excluding carboxylic acids is 1. The van der Waals surface area contributed by atoms with Crippen molar-refractivity contribution in [3.05, 3.63) is 59.2 Å². The summed E-state index contributed by atoms with van der Waals surface area (Å²) in [5, 5.41) is 14.8. The number of carbonyl (C=O) groups is 1. The molecule has 2 aromatic carbocycles.